The van der Waals surface area contributed by atoms with Crippen LogP contribution in [0.25, 0.3) is 10.9 Å². The van der Waals surface area contributed by atoms with E-state index in [4.69, 9.17) is 0 Å². The first-order chi connectivity index (χ1) is 12.2. The van der Waals surface area contributed by atoms with Crippen LogP contribution in [0.5, 0.6) is 0 Å². The second-order valence-corrected chi connectivity index (χ2v) is 8.48. The van der Waals surface area contributed by atoms with Gasteiger partial charge >= 0.3 is 5.97 Å². The number of aromatic nitrogens is 1. The highest BCUT2D eigenvalue weighted by Crippen LogP contribution is 2.32. The van der Waals surface area contributed by atoms with Crippen LogP contribution in [0.2, 0.25) is 0 Å². The van der Waals surface area contributed by atoms with E-state index in [1.54, 1.807) is 18.2 Å². The molecule has 2 aromatic carbocycles. The maximum absolute atomic E-state index is 14.4. The molecule has 0 bridgehead atoms. The first-order valence-electron chi connectivity index (χ1n) is 7.62. The number of benzene rings is 2. The molecule has 1 aromatic heterocycles. The smallest absolute Gasteiger partial charge is 0.309 e. The minimum Gasteiger partial charge on any atom is -0.469 e. The number of methoxy groups -OCH3 is 1. The Morgan fingerprint density at radius 1 is 1.23 bits per heavy atom. The molecule has 3 aromatic rings. The van der Waals surface area contributed by atoms with Crippen molar-refractivity contribution in [3.63, 3.8) is 0 Å². The third-order valence-corrected chi connectivity index (χ3v) is 6.30. The number of esters is 1. The SMILES string of the molecule is COC(=O)Cc1cc(Br)c2c(F)cn(S(=O)(=O)c3ccc(C)cc3)c2c1. The number of ether oxygens (including phenoxy) is 1. The lowest BCUT2D eigenvalue weighted by atomic mass is 10.1. The molecule has 0 unspecified atom stereocenters. The van der Waals surface area contributed by atoms with Crippen LogP contribution in [0, 0.1) is 12.7 Å². The van der Waals surface area contributed by atoms with Crippen molar-refractivity contribution in [2.75, 3.05) is 7.11 Å². The van der Waals surface area contributed by atoms with Crippen LogP contribution in [0.4, 0.5) is 4.39 Å². The quantitative estimate of drug-likeness (QED) is 0.579. The average Bonchev–Trinajstić information content (AvgIpc) is 2.93. The summed E-state index contributed by atoms with van der Waals surface area (Å²) in [7, 11) is -2.73. The average molecular weight is 440 g/mol. The summed E-state index contributed by atoms with van der Waals surface area (Å²) in [6.45, 7) is 1.84. The zero-order valence-corrected chi connectivity index (χ0v) is 16.4. The Balaban J connectivity index is 2.22. The van der Waals surface area contributed by atoms with Gasteiger partial charge in [-0.05, 0) is 52.7 Å². The molecule has 0 aliphatic rings. The maximum Gasteiger partial charge on any atom is 0.309 e. The maximum atomic E-state index is 14.4. The minimum atomic E-state index is -3.99. The number of rotatable bonds is 4. The van der Waals surface area contributed by atoms with Crippen LogP contribution >= 0.6 is 15.9 Å². The van der Waals surface area contributed by atoms with Crippen molar-refractivity contribution < 1.29 is 22.3 Å². The van der Waals surface area contributed by atoms with Crippen LogP contribution in [0.3, 0.4) is 0 Å². The number of carbonyl (C=O) groups is 1. The van der Waals surface area contributed by atoms with Crippen LogP contribution in [-0.2, 0) is 26.0 Å². The first-order valence-corrected chi connectivity index (χ1v) is 9.85. The van der Waals surface area contributed by atoms with Gasteiger partial charge < -0.3 is 4.74 Å². The zero-order valence-electron chi connectivity index (χ0n) is 14.0. The van der Waals surface area contributed by atoms with Crippen molar-refractivity contribution in [2.24, 2.45) is 0 Å². The Kier molecular flexibility index (Phi) is 4.90. The van der Waals surface area contributed by atoms with E-state index in [2.05, 4.69) is 20.7 Å². The van der Waals surface area contributed by atoms with Gasteiger partial charge in [-0.1, -0.05) is 17.7 Å². The van der Waals surface area contributed by atoms with Crippen molar-refractivity contribution in [2.45, 2.75) is 18.2 Å². The Bertz CT molecular complexity index is 1100. The highest BCUT2D eigenvalue weighted by Gasteiger charge is 2.23. The minimum absolute atomic E-state index is 0.0505. The van der Waals surface area contributed by atoms with Crippen LogP contribution in [0.15, 0.2) is 52.0 Å². The van der Waals surface area contributed by atoms with Crippen LogP contribution in [-0.4, -0.2) is 25.5 Å². The highest BCUT2D eigenvalue weighted by atomic mass is 79.9. The van der Waals surface area contributed by atoms with Crippen LogP contribution in [0.1, 0.15) is 11.1 Å². The van der Waals surface area contributed by atoms with Gasteiger partial charge in [-0.3, -0.25) is 4.79 Å². The molecule has 3 rings (SSSR count). The van der Waals surface area contributed by atoms with Gasteiger partial charge in [0.05, 0.1) is 35.5 Å². The highest BCUT2D eigenvalue weighted by molar-refractivity contribution is 9.10. The number of halogens is 2. The largest absolute Gasteiger partial charge is 0.469 e. The summed E-state index contributed by atoms with van der Waals surface area (Å²) in [5, 5.41) is 0.134. The molecule has 8 heteroatoms. The molecule has 0 radical (unpaired) electrons. The molecule has 0 saturated heterocycles. The standard InChI is InChI=1S/C18H15BrFNO4S/c1-11-3-5-13(6-4-11)26(23,24)21-10-15(20)18-14(19)7-12(8-16(18)21)9-17(22)25-2/h3-8,10H,9H2,1-2H3. The van der Waals surface area contributed by atoms with Crippen molar-refractivity contribution in [1.29, 1.82) is 0 Å². The number of hydrogen-bond acceptors (Lipinski definition) is 4. The topological polar surface area (TPSA) is 65.4 Å². The number of carbonyl (C=O) groups excluding carboxylic acids is 1. The second kappa shape index (κ2) is 6.85. The monoisotopic (exact) mass is 439 g/mol. The van der Waals surface area contributed by atoms with Gasteiger partial charge in [-0.15, -0.1) is 0 Å². The normalized spacial score (nSPS) is 11.7. The molecule has 0 saturated carbocycles. The molecule has 0 aliphatic heterocycles. The predicted octanol–water partition coefficient (Wildman–Crippen LogP) is 3.80. The molecular weight excluding hydrogens is 425 g/mol. The lowest BCUT2D eigenvalue weighted by molar-refractivity contribution is -0.139. The van der Waals surface area contributed by atoms with Gasteiger partial charge in [0.1, 0.15) is 0 Å². The molecule has 0 atom stereocenters. The van der Waals surface area contributed by atoms with Gasteiger partial charge in [0.25, 0.3) is 10.0 Å². The predicted molar refractivity (Wildman–Crippen MR) is 99.1 cm³/mol. The Hall–Kier alpha value is -2.19. The molecule has 0 spiro atoms. The molecule has 0 N–H and O–H groups in total. The number of fused-ring (bicyclic) bond motifs is 1. The van der Waals surface area contributed by atoms with E-state index < -0.39 is 21.8 Å². The number of aryl methyl sites for hydroxylation is 1. The Morgan fingerprint density at radius 2 is 1.88 bits per heavy atom. The fraction of sp³-hybridized carbons (Fsp3) is 0.167. The van der Waals surface area contributed by atoms with E-state index in [0.29, 0.717) is 10.0 Å². The van der Waals surface area contributed by atoms with E-state index >= 15 is 0 Å². The molecule has 0 aliphatic carbocycles. The summed E-state index contributed by atoms with van der Waals surface area (Å²) in [5.74, 6) is -1.15. The van der Waals surface area contributed by atoms with Gasteiger partial charge in [-0.25, -0.2) is 16.8 Å². The molecule has 136 valence electrons. The third kappa shape index (κ3) is 3.26. The van der Waals surface area contributed by atoms with Crippen molar-refractivity contribution in [3.8, 4) is 0 Å². The van der Waals surface area contributed by atoms with Gasteiger partial charge in [0.15, 0.2) is 5.82 Å². The molecule has 26 heavy (non-hydrogen) atoms. The fourth-order valence-corrected chi connectivity index (χ4v) is 4.69. The molecule has 1 heterocycles. The number of hydrogen-bond donors (Lipinski definition) is 0. The Morgan fingerprint density at radius 3 is 2.50 bits per heavy atom. The molecule has 5 nitrogen and oxygen atoms in total. The van der Waals surface area contributed by atoms with Gasteiger partial charge in [0, 0.05) is 4.47 Å². The lowest BCUT2D eigenvalue weighted by Crippen LogP contribution is -2.12. The summed E-state index contributed by atoms with van der Waals surface area (Å²) in [6.07, 6.45) is 0.884. The molecule has 0 fully saturated rings. The second-order valence-electron chi connectivity index (χ2n) is 5.82. The molecular formula is C18H15BrFNO4S. The van der Waals surface area contributed by atoms with Crippen LogP contribution < -0.4 is 0 Å². The van der Waals surface area contributed by atoms with E-state index in [1.807, 2.05) is 6.92 Å². The first kappa shape index (κ1) is 18.6. The third-order valence-electron chi connectivity index (χ3n) is 3.99. The van der Waals surface area contributed by atoms with Crippen molar-refractivity contribution in [3.05, 3.63) is 64.0 Å². The summed E-state index contributed by atoms with van der Waals surface area (Å²) in [5.41, 5.74) is 1.57. The van der Waals surface area contributed by atoms with Gasteiger partial charge in [0.2, 0.25) is 0 Å². The van der Waals surface area contributed by atoms with E-state index in [9.17, 15) is 17.6 Å². The van der Waals surface area contributed by atoms with Gasteiger partial charge in [-0.2, -0.15) is 0 Å². The van der Waals surface area contributed by atoms with E-state index in [-0.39, 0.29) is 22.2 Å². The summed E-state index contributed by atoms with van der Waals surface area (Å²) < 4.78 is 46.3. The number of nitrogens with zero attached hydrogens (tertiary/aromatic N) is 1. The van der Waals surface area contributed by atoms with Crippen molar-refractivity contribution in [1.82, 2.24) is 3.97 Å². The molecule has 0 amide bonds. The van der Waals surface area contributed by atoms with E-state index in [0.717, 1.165) is 15.7 Å². The summed E-state index contributed by atoms with van der Waals surface area (Å²) in [6, 6.07) is 9.35. The lowest BCUT2D eigenvalue weighted by Gasteiger charge is -2.09. The Labute approximate surface area is 158 Å². The van der Waals surface area contributed by atoms with Crippen molar-refractivity contribution >= 4 is 42.8 Å². The summed E-state index contributed by atoms with van der Waals surface area (Å²) >= 11 is 3.26. The zero-order chi connectivity index (χ0) is 19.1. The fourth-order valence-electron chi connectivity index (χ4n) is 2.66. The summed E-state index contributed by atoms with van der Waals surface area (Å²) in [4.78, 5) is 11.6. The van der Waals surface area contributed by atoms with E-state index in [1.165, 1.54) is 25.3 Å².